The van der Waals surface area contributed by atoms with Gasteiger partial charge in [-0.2, -0.15) is 5.10 Å². The monoisotopic (exact) mass is 370 g/mol. The van der Waals surface area contributed by atoms with Crippen molar-refractivity contribution in [3.63, 3.8) is 0 Å². The Labute approximate surface area is 138 Å². The van der Waals surface area contributed by atoms with E-state index in [1.54, 1.807) is 0 Å². The first-order chi connectivity index (χ1) is 9.89. The SMILES string of the molecule is CC(C)(C)c1c(Cl)cc2c(cnn2C2CCCCO2)c1Br. The predicted octanol–water partition coefficient (Wildman–Crippen LogP) is 5.45. The highest BCUT2D eigenvalue weighted by molar-refractivity contribution is 9.10. The third kappa shape index (κ3) is 2.73. The number of aromatic nitrogens is 2. The van der Waals surface area contributed by atoms with Crippen LogP contribution in [0.3, 0.4) is 0 Å². The van der Waals surface area contributed by atoms with Crippen molar-refractivity contribution in [2.24, 2.45) is 0 Å². The number of ether oxygens (including phenoxy) is 1. The lowest BCUT2D eigenvalue weighted by Crippen LogP contribution is -2.19. The minimum absolute atomic E-state index is 0.0203. The molecule has 2 aromatic rings. The van der Waals surface area contributed by atoms with Gasteiger partial charge in [-0.25, -0.2) is 4.68 Å². The maximum absolute atomic E-state index is 6.55. The molecule has 1 aromatic heterocycles. The van der Waals surface area contributed by atoms with E-state index in [2.05, 4.69) is 41.8 Å². The van der Waals surface area contributed by atoms with E-state index in [1.807, 2.05) is 16.9 Å². The summed E-state index contributed by atoms with van der Waals surface area (Å²) in [5.74, 6) is 0. The molecule has 1 fully saturated rings. The summed E-state index contributed by atoms with van der Waals surface area (Å²) in [5.41, 5.74) is 2.14. The molecule has 1 aliphatic rings. The molecule has 0 N–H and O–H groups in total. The number of nitrogens with zero attached hydrogens (tertiary/aromatic N) is 2. The molecule has 21 heavy (non-hydrogen) atoms. The summed E-state index contributed by atoms with van der Waals surface area (Å²) >= 11 is 10.3. The van der Waals surface area contributed by atoms with Crippen molar-refractivity contribution >= 4 is 38.4 Å². The van der Waals surface area contributed by atoms with Crippen LogP contribution in [0.4, 0.5) is 0 Å². The minimum Gasteiger partial charge on any atom is -0.356 e. The van der Waals surface area contributed by atoms with Crippen LogP contribution >= 0.6 is 27.5 Å². The van der Waals surface area contributed by atoms with Gasteiger partial charge in [-0.3, -0.25) is 0 Å². The smallest absolute Gasteiger partial charge is 0.150 e. The van der Waals surface area contributed by atoms with E-state index in [0.29, 0.717) is 0 Å². The highest BCUT2D eigenvalue weighted by Crippen LogP contribution is 2.41. The Bertz CT molecular complexity index is 669. The number of hydrogen-bond acceptors (Lipinski definition) is 2. The van der Waals surface area contributed by atoms with Gasteiger partial charge in [0.05, 0.1) is 11.7 Å². The second-order valence-corrected chi connectivity index (χ2v) is 7.84. The Balaban J connectivity index is 2.15. The van der Waals surface area contributed by atoms with Crippen LogP contribution in [0.25, 0.3) is 10.9 Å². The molecule has 0 radical (unpaired) electrons. The van der Waals surface area contributed by atoms with E-state index < -0.39 is 0 Å². The van der Waals surface area contributed by atoms with Crippen LogP contribution in [-0.4, -0.2) is 16.4 Å². The van der Waals surface area contributed by atoms with Gasteiger partial charge in [-0.05, 0) is 52.2 Å². The van der Waals surface area contributed by atoms with Crippen molar-refractivity contribution in [1.29, 1.82) is 0 Å². The van der Waals surface area contributed by atoms with Crippen molar-refractivity contribution in [3.05, 3.63) is 27.3 Å². The van der Waals surface area contributed by atoms with Gasteiger partial charge in [0.25, 0.3) is 0 Å². The van der Waals surface area contributed by atoms with E-state index in [-0.39, 0.29) is 11.6 Å². The van der Waals surface area contributed by atoms with E-state index >= 15 is 0 Å². The zero-order valence-electron chi connectivity index (χ0n) is 12.6. The van der Waals surface area contributed by atoms with Crippen LogP contribution in [0.2, 0.25) is 5.02 Å². The Hall–Kier alpha value is -0.580. The predicted molar refractivity (Wildman–Crippen MR) is 90.0 cm³/mol. The Morgan fingerprint density at radius 3 is 2.76 bits per heavy atom. The summed E-state index contributed by atoms with van der Waals surface area (Å²) in [6.07, 6.45) is 5.25. The third-order valence-corrected chi connectivity index (χ3v) is 5.09. The Morgan fingerprint density at radius 1 is 1.38 bits per heavy atom. The number of halogens is 2. The summed E-state index contributed by atoms with van der Waals surface area (Å²) in [5, 5.41) is 6.42. The molecule has 5 heteroatoms. The molecular weight excluding hydrogens is 352 g/mol. The van der Waals surface area contributed by atoms with Crippen molar-refractivity contribution in [2.75, 3.05) is 6.61 Å². The van der Waals surface area contributed by atoms with Crippen molar-refractivity contribution < 1.29 is 4.74 Å². The second kappa shape index (κ2) is 5.56. The molecular formula is C16H20BrClN2O. The lowest BCUT2D eigenvalue weighted by molar-refractivity contribution is -0.0366. The Kier molecular flexibility index (Phi) is 4.06. The van der Waals surface area contributed by atoms with Gasteiger partial charge in [-0.15, -0.1) is 0 Å². The summed E-state index contributed by atoms with van der Waals surface area (Å²) in [7, 11) is 0. The van der Waals surface area contributed by atoms with Gasteiger partial charge >= 0.3 is 0 Å². The van der Waals surface area contributed by atoms with E-state index in [1.165, 1.54) is 6.42 Å². The highest BCUT2D eigenvalue weighted by atomic mass is 79.9. The highest BCUT2D eigenvalue weighted by Gasteiger charge is 2.25. The first-order valence-electron chi connectivity index (χ1n) is 7.37. The van der Waals surface area contributed by atoms with E-state index in [9.17, 15) is 0 Å². The van der Waals surface area contributed by atoms with Crippen LogP contribution in [-0.2, 0) is 10.2 Å². The van der Waals surface area contributed by atoms with Crippen LogP contribution < -0.4 is 0 Å². The van der Waals surface area contributed by atoms with Gasteiger partial charge in [-0.1, -0.05) is 32.4 Å². The maximum Gasteiger partial charge on any atom is 0.150 e. The average molecular weight is 372 g/mol. The molecule has 0 saturated carbocycles. The van der Waals surface area contributed by atoms with Crippen LogP contribution in [0, 0.1) is 0 Å². The molecule has 3 rings (SSSR count). The van der Waals surface area contributed by atoms with Gasteiger partial charge in [0.1, 0.15) is 0 Å². The fourth-order valence-corrected chi connectivity index (χ4v) is 4.66. The zero-order valence-corrected chi connectivity index (χ0v) is 15.0. The number of hydrogen-bond donors (Lipinski definition) is 0. The largest absolute Gasteiger partial charge is 0.356 e. The zero-order chi connectivity index (χ0) is 15.2. The summed E-state index contributed by atoms with van der Waals surface area (Å²) in [6, 6.07) is 2.02. The van der Waals surface area contributed by atoms with E-state index in [4.69, 9.17) is 16.3 Å². The van der Waals surface area contributed by atoms with Crippen LogP contribution in [0.5, 0.6) is 0 Å². The van der Waals surface area contributed by atoms with Crippen LogP contribution in [0.15, 0.2) is 16.7 Å². The molecule has 1 aromatic carbocycles. The number of fused-ring (bicyclic) bond motifs is 1. The molecule has 3 nitrogen and oxygen atoms in total. The molecule has 1 atom stereocenters. The number of benzene rings is 1. The average Bonchev–Trinajstić information content (AvgIpc) is 2.82. The van der Waals surface area contributed by atoms with Crippen molar-refractivity contribution in [2.45, 2.75) is 51.7 Å². The first kappa shape index (κ1) is 15.3. The molecule has 0 aliphatic carbocycles. The molecule has 114 valence electrons. The van der Waals surface area contributed by atoms with Gasteiger partial charge in [0, 0.05) is 21.5 Å². The molecule has 0 bridgehead atoms. The third-order valence-electron chi connectivity index (χ3n) is 3.97. The summed E-state index contributed by atoms with van der Waals surface area (Å²) in [4.78, 5) is 0. The summed E-state index contributed by atoms with van der Waals surface area (Å²) in [6.45, 7) is 7.30. The molecule has 2 heterocycles. The fraction of sp³-hybridized carbons (Fsp3) is 0.562. The lowest BCUT2D eigenvalue weighted by Gasteiger charge is -2.25. The second-order valence-electron chi connectivity index (χ2n) is 6.64. The molecule has 1 unspecified atom stereocenters. The Morgan fingerprint density at radius 2 is 2.14 bits per heavy atom. The molecule has 1 saturated heterocycles. The van der Waals surface area contributed by atoms with Gasteiger partial charge < -0.3 is 4.74 Å². The molecule has 0 spiro atoms. The van der Waals surface area contributed by atoms with Gasteiger partial charge in [0.2, 0.25) is 0 Å². The fourth-order valence-electron chi connectivity index (χ4n) is 2.95. The standard InChI is InChI=1S/C16H20BrClN2O/c1-16(2,3)14-11(18)8-12-10(15(14)17)9-19-20(12)13-6-4-5-7-21-13/h8-9,13H,4-7H2,1-3H3. The maximum atomic E-state index is 6.55. The lowest BCUT2D eigenvalue weighted by atomic mass is 9.86. The van der Waals surface area contributed by atoms with Crippen molar-refractivity contribution in [3.8, 4) is 0 Å². The molecule has 0 amide bonds. The summed E-state index contributed by atoms with van der Waals surface area (Å²) < 4.78 is 8.86. The van der Waals surface area contributed by atoms with E-state index in [0.717, 1.165) is 45.4 Å². The number of rotatable bonds is 1. The first-order valence-corrected chi connectivity index (χ1v) is 8.54. The topological polar surface area (TPSA) is 27.1 Å². The normalized spacial score (nSPS) is 20.1. The molecule has 1 aliphatic heterocycles. The quantitative estimate of drug-likeness (QED) is 0.666. The minimum atomic E-state index is -0.0203. The van der Waals surface area contributed by atoms with Gasteiger partial charge in [0.15, 0.2) is 6.23 Å². The van der Waals surface area contributed by atoms with Crippen molar-refractivity contribution in [1.82, 2.24) is 9.78 Å². The van der Waals surface area contributed by atoms with Crippen LogP contribution in [0.1, 0.15) is 51.8 Å².